The number of nitrogens with one attached hydrogen (secondary N) is 2. The van der Waals surface area contributed by atoms with Gasteiger partial charge in [-0.15, -0.1) is 0 Å². The lowest BCUT2D eigenvalue weighted by Crippen LogP contribution is -2.33. The fourth-order valence-electron chi connectivity index (χ4n) is 3.90. The molecule has 1 aliphatic heterocycles. The number of rotatable bonds is 5. The van der Waals surface area contributed by atoms with E-state index in [2.05, 4.69) is 15.6 Å². The molecule has 7 nitrogen and oxygen atoms in total. The molecule has 0 radical (unpaired) electrons. The van der Waals surface area contributed by atoms with Crippen LogP contribution in [-0.4, -0.2) is 12.1 Å². The first kappa shape index (κ1) is 21.7. The highest BCUT2D eigenvalue weighted by atomic mass is 19.1. The second-order valence-corrected chi connectivity index (χ2v) is 9.16. The maximum Gasteiger partial charge on any atom is 0.255 e. The number of benzene rings is 1. The van der Waals surface area contributed by atoms with Crippen molar-refractivity contribution in [3.63, 3.8) is 0 Å². The number of hydrogen-bond donors (Lipinski definition) is 2. The molecule has 0 saturated heterocycles. The monoisotopic (exact) mass is 437 g/mol. The van der Waals surface area contributed by atoms with Crippen molar-refractivity contribution in [3.05, 3.63) is 73.2 Å². The Bertz CT molecular complexity index is 1320. The molecular weight excluding hydrogens is 413 g/mol. The minimum Gasteiger partial charge on any atom is -0.466 e. The van der Waals surface area contributed by atoms with Crippen LogP contribution in [0.25, 0.3) is 0 Å². The topological polar surface area (TPSA) is 101 Å². The largest absolute Gasteiger partial charge is 0.466 e. The van der Waals surface area contributed by atoms with Crippen molar-refractivity contribution in [2.24, 2.45) is 10.4 Å². The van der Waals surface area contributed by atoms with E-state index in [4.69, 9.17) is 4.42 Å². The minimum atomic E-state index is -0.804. The Hall–Kier alpha value is -3.55. The lowest BCUT2D eigenvalue weighted by Gasteiger charge is -2.25. The van der Waals surface area contributed by atoms with Gasteiger partial charge in [-0.2, -0.15) is 0 Å². The first-order valence-electron chi connectivity index (χ1n) is 10.3. The molecule has 2 N–H and O–H groups in total. The fourth-order valence-corrected chi connectivity index (χ4v) is 3.90. The van der Waals surface area contributed by atoms with Gasteiger partial charge in [0.1, 0.15) is 28.7 Å². The molecule has 2 heterocycles. The molecule has 166 valence electrons. The molecule has 1 amide bonds. The zero-order valence-electron chi connectivity index (χ0n) is 18.5. The number of amides is 1. The van der Waals surface area contributed by atoms with Crippen LogP contribution in [0, 0.1) is 18.2 Å². The second-order valence-electron chi connectivity index (χ2n) is 9.16. The lowest BCUT2D eigenvalue weighted by molar-refractivity contribution is 0.0959. The van der Waals surface area contributed by atoms with E-state index in [-0.39, 0.29) is 40.0 Å². The molecule has 0 fully saturated rings. The summed E-state index contributed by atoms with van der Waals surface area (Å²) >= 11 is 0. The third-order valence-electron chi connectivity index (χ3n) is 5.72. The van der Waals surface area contributed by atoms with E-state index < -0.39 is 22.6 Å². The van der Waals surface area contributed by atoms with Crippen LogP contribution in [0.15, 0.2) is 43.3 Å². The summed E-state index contributed by atoms with van der Waals surface area (Å²) < 4.78 is 20.3. The quantitative estimate of drug-likeness (QED) is 0.455. The van der Waals surface area contributed by atoms with Crippen molar-refractivity contribution in [2.75, 3.05) is 5.32 Å². The van der Waals surface area contributed by atoms with Crippen LogP contribution in [0.2, 0.25) is 0 Å². The Balaban J connectivity index is 1.71. The van der Waals surface area contributed by atoms with Gasteiger partial charge in [-0.05, 0) is 43.0 Å². The van der Waals surface area contributed by atoms with E-state index >= 15 is 0 Å². The summed E-state index contributed by atoms with van der Waals surface area (Å²) in [6.45, 7) is 9.63. The Labute approximate surface area is 184 Å². The summed E-state index contributed by atoms with van der Waals surface area (Å²) in [6, 6.07) is 6.16. The van der Waals surface area contributed by atoms with Crippen LogP contribution in [0.5, 0.6) is 0 Å². The molecule has 0 aliphatic carbocycles. The molecule has 1 aromatic heterocycles. The van der Waals surface area contributed by atoms with E-state index in [1.165, 1.54) is 12.1 Å². The van der Waals surface area contributed by atoms with Gasteiger partial charge in [0.25, 0.3) is 16.8 Å². The minimum absolute atomic E-state index is 0.101. The number of aryl methyl sites for hydroxylation is 1. The van der Waals surface area contributed by atoms with Gasteiger partial charge < -0.3 is 15.1 Å². The summed E-state index contributed by atoms with van der Waals surface area (Å²) in [5, 5.41) is 5.38. The van der Waals surface area contributed by atoms with E-state index in [0.29, 0.717) is 11.3 Å². The fraction of sp³-hybridized carbons (Fsp3) is 0.333. The molecule has 3 aromatic rings. The number of carbonyl (C=O) groups is 1. The predicted molar refractivity (Wildman–Crippen MR) is 121 cm³/mol. The Morgan fingerprint density at radius 1 is 1.12 bits per heavy atom. The first-order chi connectivity index (χ1) is 15.0. The van der Waals surface area contributed by atoms with Crippen LogP contribution in [0.3, 0.4) is 0 Å². The molecule has 4 rings (SSSR count). The summed E-state index contributed by atoms with van der Waals surface area (Å²) in [5.41, 5.74) is -1.48. The highest BCUT2D eigenvalue weighted by Gasteiger charge is 2.32. The molecule has 0 bridgehead atoms. The van der Waals surface area contributed by atoms with Crippen molar-refractivity contribution >= 4 is 29.2 Å². The average Bonchev–Trinajstić information content (AvgIpc) is 3.26. The SMILES string of the molecule is Cc1ccc(C(C=Nc2c(Nc3c(F)ccc4c3C(=O)N[C@H]4C)c(=O)c2=O)C(C)(C)C)o1. The Kier molecular flexibility index (Phi) is 5.11. The van der Waals surface area contributed by atoms with Gasteiger partial charge >= 0.3 is 0 Å². The summed E-state index contributed by atoms with van der Waals surface area (Å²) in [7, 11) is 0. The maximum absolute atomic E-state index is 14.6. The van der Waals surface area contributed by atoms with Crippen molar-refractivity contribution in [2.45, 2.75) is 46.6 Å². The highest BCUT2D eigenvalue weighted by molar-refractivity contribution is 6.05. The standard InChI is InChI=1S/C24H24FN3O4/c1-11-6-9-16(32-11)14(24(3,4)5)10-26-19-20(22(30)21(19)29)28-18-15(25)8-7-13-12(2)27-23(31)17(13)18/h6-10,12,14,28H,1-5H3,(H,27,31)/t12-,14?/m0/s1. The summed E-state index contributed by atoms with van der Waals surface area (Å²) in [6.07, 6.45) is 1.57. The van der Waals surface area contributed by atoms with Gasteiger partial charge in [0.05, 0.1) is 23.2 Å². The number of fused-ring (bicyclic) bond motifs is 1. The van der Waals surface area contributed by atoms with Gasteiger partial charge in [0, 0.05) is 6.21 Å². The lowest BCUT2D eigenvalue weighted by atomic mass is 9.80. The van der Waals surface area contributed by atoms with E-state index in [0.717, 1.165) is 5.76 Å². The molecule has 0 saturated carbocycles. The molecule has 1 aliphatic rings. The number of halogens is 1. The van der Waals surface area contributed by atoms with Crippen LogP contribution >= 0.6 is 0 Å². The van der Waals surface area contributed by atoms with Crippen LogP contribution in [0.4, 0.5) is 21.5 Å². The van der Waals surface area contributed by atoms with Gasteiger partial charge in [0.2, 0.25) is 0 Å². The Morgan fingerprint density at radius 3 is 2.47 bits per heavy atom. The van der Waals surface area contributed by atoms with Crippen LogP contribution in [-0.2, 0) is 0 Å². The first-order valence-corrected chi connectivity index (χ1v) is 10.3. The zero-order chi connectivity index (χ0) is 23.4. The maximum atomic E-state index is 14.6. The number of furan rings is 1. The van der Waals surface area contributed by atoms with Crippen LogP contribution in [0.1, 0.15) is 67.1 Å². The number of nitrogens with zero attached hydrogens (tertiary/aromatic N) is 1. The summed E-state index contributed by atoms with van der Waals surface area (Å²) in [4.78, 5) is 41.1. The van der Waals surface area contributed by atoms with Crippen molar-refractivity contribution in [1.82, 2.24) is 5.32 Å². The third-order valence-corrected chi connectivity index (χ3v) is 5.72. The smallest absolute Gasteiger partial charge is 0.255 e. The van der Waals surface area contributed by atoms with Crippen molar-refractivity contribution < 1.29 is 13.6 Å². The van der Waals surface area contributed by atoms with E-state index in [1.807, 2.05) is 39.8 Å². The van der Waals surface area contributed by atoms with Gasteiger partial charge in [-0.1, -0.05) is 26.8 Å². The van der Waals surface area contributed by atoms with Gasteiger partial charge in [-0.25, -0.2) is 4.39 Å². The molecule has 32 heavy (non-hydrogen) atoms. The molecular formula is C24H24FN3O4. The highest BCUT2D eigenvalue weighted by Crippen LogP contribution is 2.37. The Morgan fingerprint density at radius 2 is 1.84 bits per heavy atom. The number of aliphatic imine (C=N–C) groups is 1. The number of carbonyl (C=O) groups excluding carboxylic acids is 1. The summed E-state index contributed by atoms with van der Waals surface area (Å²) in [5.74, 6) is 0.0243. The molecule has 0 spiro atoms. The van der Waals surface area contributed by atoms with E-state index in [9.17, 15) is 18.8 Å². The third kappa shape index (κ3) is 3.55. The predicted octanol–water partition coefficient (Wildman–Crippen LogP) is 4.40. The van der Waals surface area contributed by atoms with Crippen molar-refractivity contribution in [1.29, 1.82) is 0 Å². The zero-order valence-corrected chi connectivity index (χ0v) is 18.5. The van der Waals surface area contributed by atoms with Gasteiger partial charge in [-0.3, -0.25) is 19.4 Å². The van der Waals surface area contributed by atoms with Crippen LogP contribution < -0.4 is 21.5 Å². The number of hydrogen-bond acceptors (Lipinski definition) is 6. The molecule has 2 atom stereocenters. The van der Waals surface area contributed by atoms with Gasteiger partial charge in [0.15, 0.2) is 0 Å². The number of anilines is 2. The average molecular weight is 437 g/mol. The van der Waals surface area contributed by atoms with E-state index in [1.54, 1.807) is 13.1 Å². The molecule has 1 unspecified atom stereocenters. The molecule has 8 heteroatoms. The normalized spacial score (nSPS) is 17.1. The van der Waals surface area contributed by atoms with Crippen molar-refractivity contribution in [3.8, 4) is 0 Å². The second kappa shape index (κ2) is 7.55. The molecule has 2 aromatic carbocycles.